The Morgan fingerprint density at radius 3 is 1.72 bits per heavy atom. The molecule has 0 radical (unpaired) electrons. The predicted molar refractivity (Wildman–Crippen MR) is 266 cm³/mol. The minimum absolute atomic E-state index is 0.842. The molecule has 10 aromatic carbocycles. The summed E-state index contributed by atoms with van der Waals surface area (Å²) in [6.07, 6.45) is 0. The summed E-state index contributed by atoms with van der Waals surface area (Å²) in [6, 6.07) is 82.2. The maximum Gasteiger partial charge on any atom is 0.145 e. The van der Waals surface area contributed by atoms with E-state index < -0.39 is 0 Å². The average Bonchev–Trinajstić information content (AvgIpc) is 4.04. The third-order valence-electron chi connectivity index (χ3n) is 12.8. The van der Waals surface area contributed by atoms with Crippen LogP contribution in [0.5, 0.6) is 0 Å². The van der Waals surface area contributed by atoms with E-state index in [9.17, 15) is 0 Å². The van der Waals surface area contributed by atoms with Crippen LogP contribution in [0.2, 0.25) is 0 Å². The number of aromatic nitrogens is 1. The summed E-state index contributed by atoms with van der Waals surface area (Å²) >= 11 is 0. The predicted octanol–water partition coefficient (Wildman–Crippen LogP) is 17.1. The first-order valence-electron chi connectivity index (χ1n) is 21.7. The van der Waals surface area contributed by atoms with Crippen molar-refractivity contribution >= 4 is 82.7 Å². The molecule has 0 bridgehead atoms. The van der Waals surface area contributed by atoms with Crippen molar-refractivity contribution in [3.63, 3.8) is 0 Å². The standard InChI is InChI=1S/C60H38N2O2/c1-2-15-39(16-3-1)40-31-33-43(34-32-40)61(44-19-12-17-41(37-44)46-25-14-30-57-59(46)51-24-7-11-29-56(51)63-57)54-36-35-50-49-23-6-10-28-55(49)64-60(50)58(54)42-18-13-20-45(38-42)62-52-26-8-4-21-47(52)48-22-5-9-27-53(48)62/h1-38H. The first kappa shape index (κ1) is 36.1. The molecule has 13 rings (SSSR count). The van der Waals surface area contributed by atoms with Gasteiger partial charge in [-0.2, -0.15) is 0 Å². The first-order chi connectivity index (χ1) is 31.7. The summed E-state index contributed by atoms with van der Waals surface area (Å²) in [7, 11) is 0. The SMILES string of the molecule is c1ccc(-c2ccc(N(c3cccc(-c4cccc5oc6ccccc6c45)c3)c3ccc4c(oc5ccccc54)c3-c3cccc(-n4c5ccccc5c5ccccc54)c3)cc2)cc1. The lowest BCUT2D eigenvalue weighted by atomic mass is 9.96. The molecular formula is C60H38N2O2. The van der Waals surface area contributed by atoms with E-state index in [1.807, 2.05) is 18.2 Å². The summed E-state index contributed by atoms with van der Waals surface area (Å²) in [5.41, 5.74) is 16.5. The lowest BCUT2D eigenvalue weighted by Crippen LogP contribution is -2.11. The van der Waals surface area contributed by atoms with Gasteiger partial charge in [-0.15, -0.1) is 0 Å². The first-order valence-corrected chi connectivity index (χ1v) is 21.7. The average molecular weight is 819 g/mol. The van der Waals surface area contributed by atoms with Gasteiger partial charge in [-0.1, -0.05) is 152 Å². The fourth-order valence-electron chi connectivity index (χ4n) is 9.93. The van der Waals surface area contributed by atoms with Gasteiger partial charge in [-0.25, -0.2) is 0 Å². The zero-order valence-corrected chi connectivity index (χ0v) is 34.7. The summed E-state index contributed by atoms with van der Waals surface area (Å²) < 4.78 is 15.7. The number of hydrogen-bond acceptors (Lipinski definition) is 3. The van der Waals surface area contributed by atoms with E-state index in [1.54, 1.807) is 0 Å². The third-order valence-corrected chi connectivity index (χ3v) is 12.8. The van der Waals surface area contributed by atoms with Gasteiger partial charge < -0.3 is 18.3 Å². The maximum atomic E-state index is 6.98. The van der Waals surface area contributed by atoms with E-state index in [0.29, 0.717) is 0 Å². The maximum absolute atomic E-state index is 6.98. The van der Waals surface area contributed by atoms with Crippen molar-refractivity contribution in [2.75, 3.05) is 4.90 Å². The Morgan fingerprint density at radius 1 is 0.344 bits per heavy atom. The van der Waals surface area contributed by atoms with Crippen LogP contribution in [-0.4, -0.2) is 4.57 Å². The van der Waals surface area contributed by atoms with Gasteiger partial charge in [-0.3, -0.25) is 0 Å². The quantitative estimate of drug-likeness (QED) is 0.161. The molecule has 300 valence electrons. The number of anilines is 3. The van der Waals surface area contributed by atoms with Crippen LogP contribution >= 0.6 is 0 Å². The van der Waals surface area contributed by atoms with Crippen LogP contribution in [0.15, 0.2) is 239 Å². The van der Waals surface area contributed by atoms with Crippen molar-refractivity contribution in [1.29, 1.82) is 0 Å². The lowest BCUT2D eigenvalue weighted by molar-refractivity contribution is 0.669. The smallest absolute Gasteiger partial charge is 0.145 e. The summed E-state index contributed by atoms with van der Waals surface area (Å²) in [4.78, 5) is 2.39. The lowest BCUT2D eigenvalue weighted by Gasteiger charge is -2.29. The van der Waals surface area contributed by atoms with Gasteiger partial charge in [0.1, 0.15) is 22.3 Å². The molecule has 0 atom stereocenters. The van der Waals surface area contributed by atoms with Crippen LogP contribution in [0.4, 0.5) is 17.1 Å². The van der Waals surface area contributed by atoms with Crippen molar-refractivity contribution in [3.05, 3.63) is 231 Å². The Kier molecular flexibility index (Phi) is 8.18. The van der Waals surface area contributed by atoms with Crippen LogP contribution in [0.25, 0.3) is 105 Å². The second kappa shape index (κ2) is 14.5. The van der Waals surface area contributed by atoms with E-state index in [2.05, 4.69) is 222 Å². The number of benzene rings is 10. The number of nitrogens with zero attached hydrogens (tertiary/aromatic N) is 2. The highest BCUT2D eigenvalue weighted by molar-refractivity contribution is 6.15. The number of fused-ring (bicyclic) bond motifs is 9. The molecule has 0 amide bonds. The Balaban J connectivity index is 1.07. The van der Waals surface area contributed by atoms with Crippen LogP contribution < -0.4 is 4.90 Å². The van der Waals surface area contributed by atoms with Gasteiger partial charge in [0, 0.05) is 54.9 Å². The Bertz CT molecular complexity index is 3860. The normalized spacial score (nSPS) is 11.8. The molecule has 13 aromatic rings. The van der Waals surface area contributed by atoms with Crippen LogP contribution in [0, 0.1) is 0 Å². The van der Waals surface area contributed by atoms with Crippen molar-refractivity contribution in [1.82, 2.24) is 4.57 Å². The van der Waals surface area contributed by atoms with Gasteiger partial charge in [0.2, 0.25) is 0 Å². The number of rotatable bonds is 7. The van der Waals surface area contributed by atoms with E-state index in [1.165, 1.54) is 27.4 Å². The number of hydrogen-bond donors (Lipinski definition) is 0. The van der Waals surface area contributed by atoms with Crippen LogP contribution in [0.3, 0.4) is 0 Å². The van der Waals surface area contributed by atoms with Gasteiger partial charge in [0.05, 0.1) is 16.7 Å². The molecule has 0 saturated carbocycles. The zero-order valence-electron chi connectivity index (χ0n) is 34.7. The second-order valence-electron chi connectivity index (χ2n) is 16.4. The molecule has 0 fully saturated rings. The van der Waals surface area contributed by atoms with Crippen molar-refractivity contribution < 1.29 is 8.83 Å². The zero-order chi connectivity index (χ0) is 42.1. The fourth-order valence-corrected chi connectivity index (χ4v) is 9.93. The Labute approximate surface area is 369 Å². The molecule has 0 aliphatic carbocycles. The number of para-hydroxylation sites is 4. The van der Waals surface area contributed by atoms with Gasteiger partial charge in [0.15, 0.2) is 0 Å². The molecule has 0 spiro atoms. The summed E-state index contributed by atoms with van der Waals surface area (Å²) in [6.45, 7) is 0. The molecule has 0 saturated heterocycles. The molecule has 0 aliphatic rings. The largest absolute Gasteiger partial charge is 0.456 e. The monoisotopic (exact) mass is 818 g/mol. The summed E-state index contributed by atoms with van der Waals surface area (Å²) in [5.74, 6) is 0. The topological polar surface area (TPSA) is 34.5 Å². The number of furan rings is 2. The van der Waals surface area contributed by atoms with Crippen molar-refractivity contribution in [2.24, 2.45) is 0 Å². The molecular weight excluding hydrogens is 781 g/mol. The Morgan fingerprint density at radius 2 is 0.938 bits per heavy atom. The molecule has 4 nitrogen and oxygen atoms in total. The highest BCUT2D eigenvalue weighted by Gasteiger charge is 2.24. The van der Waals surface area contributed by atoms with E-state index in [4.69, 9.17) is 8.83 Å². The van der Waals surface area contributed by atoms with E-state index in [0.717, 1.165) is 94.4 Å². The molecule has 3 aromatic heterocycles. The molecule has 3 heterocycles. The molecule has 0 N–H and O–H groups in total. The highest BCUT2D eigenvalue weighted by atomic mass is 16.3. The van der Waals surface area contributed by atoms with Crippen molar-refractivity contribution in [3.8, 4) is 39.1 Å². The van der Waals surface area contributed by atoms with Crippen LogP contribution in [0.1, 0.15) is 0 Å². The molecule has 0 unspecified atom stereocenters. The summed E-state index contributed by atoms with van der Waals surface area (Å²) in [5, 5.41) is 6.83. The molecule has 64 heavy (non-hydrogen) atoms. The molecule has 4 heteroatoms. The highest BCUT2D eigenvalue weighted by Crippen LogP contribution is 2.48. The van der Waals surface area contributed by atoms with E-state index in [-0.39, 0.29) is 0 Å². The van der Waals surface area contributed by atoms with E-state index >= 15 is 0 Å². The minimum atomic E-state index is 0.842. The van der Waals surface area contributed by atoms with Crippen LogP contribution in [-0.2, 0) is 0 Å². The fraction of sp³-hybridized carbons (Fsp3) is 0. The Hall–Kier alpha value is -8.60. The van der Waals surface area contributed by atoms with Gasteiger partial charge >= 0.3 is 0 Å². The molecule has 0 aliphatic heterocycles. The van der Waals surface area contributed by atoms with Gasteiger partial charge in [0.25, 0.3) is 0 Å². The second-order valence-corrected chi connectivity index (χ2v) is 16.4. The van der Waals surface area contributed by atoms with Crippen molar-refractivity contribution in [2.45, 2.75) is 0 Å². The minimum Gasteiger partial charge on any atom is -0.456 e. The van der Waals surface area contributed by atoms with Gasteiger partial charge in [-0.05, 0) is 107 Å². The third kappa shape index (κ3) is 5.70.